The van der Waals surface area contributed by atoms with E-state index in [0.29, 0.717) is 5.75 Å². The maximum Gasteiger partial charge on any atom is 0.254 e. The predicted octanol–water partition coefficient (Wildman–Crippen LogP) is 3.14. The summed E-state index contributed by atoms with van der Waals surface area (Å²) in [5.74, 6) is 1.02. The van der Waals surface area contributed by atoms with Crippen molar-refractivity contribution in [3.63, 3.8) is 0 Å². The van der Waals surface area contributed by atoms with E-state index in [0.717, 1.165) is 11.5 Å². The van der Waals surface area contributed by atoms with Gasteiger partial charge in [-0.05, 0) is 48.5 Å². The van der Waals surface area contributed by atoms with Gasteiger partial charge in [-0.25, -0.2) is 9.97 Å². The van der Waals surface area contributed by atoms with Crippen LogP contribution in [0.25, 0.3) is 0 Å². The zero-order valence-corrected chi connectivity index (χ0v) is 13.1. The molecule has 6 heteroatoms. The first-order chi connectivity index (χ1) is 11.6. The average molecular weight is 320 g/mol. The molecule has 1 amide bonds. The highest BCUT2D eigenvalue weighted by Gasteiger charge is 2.11. The highest BCUT2D eigenvalue weighted by atomic mass is 16.5. The third kappa shape index (κ3) is 3.33. The summed E-state index contributed by atoms with van der Waals surface area (Å²) >= 11 is 0. The van der Waals surface area contributed by atoms with Crippen LogP contribution in [0.4, 0.5) is 11.5 Å². The van der Waals surface area contributed by atoms with E-state index in [2.05, 4.69) is 9.97 Å². The van der Waals surface area contributed by atoms with Gasteiger partial charge >= 0.3 is 0 Å². The molecular formula is C18H16N4O2. The number of hydrogen-bond donors (Lipinski definition) is 1. The van der Waals surface area contributed by atoms with Crippen LogP contribution in [-0.2, 0) is 0 Å². The highest BCUT2D eigenvalue weighted by Crippen LogP contribution is 2.27. The number of carbonyl (C=O) groups excluding carboxylic acids is 1. The molecule has 0 bridgehead atoms. The third-order valence-electron chi connectivity index (χ3n) is 3.47. The van der Waals surface area contributed by atoms with Crippen molar-refractivity contribution in [1.29, 1.82) is 0 Å². The van der Waals surface area contributed by atoms with Crippen molar-refractivity contribution < 1.29 is 9.53 Å². The van der Waals surface area contributed by atoms with Gasteiger partial charge in [0.15, 0.2) is 0 Å². The quantitative estimate of drug-likeness (QED) is 0.781. The Kier molecular flexibility index (Phi) is 4.38. The molecule has 3 aromatic rings. The van der Waals surface area contributed by atoms with Gasteiger partial charge in [0.05, 0.1) is 0 Å². The van der Waals surface area contributed by atoms with Gasteiger partial charge in [-0.2, -0.15) is 0 Å². The van der Waals surface area contributed by atoms with Crippen molar-refractivity contribution in [2.24, 2.45) is 5.73 Å². The first kappa shape index (κ1) is 15.5. The molecule has 0 radical (unpaired) electrons. The number of rotatable bonds is 5. The van der Waals surface area contributed by atoms with Crippen LogP contribution in [0.5, 0.6) is 11.6 Å². The van der Waals surface area contributed by atoms with Gasteiger partial charge in [-0.3, -0.25) is 4.79 Å². The van der Waals surface area contributed by atoms with Crippen LogP contribution >= 0.6 is 0 Å². The van der Waals surface area contributed by atoms with E-state index in [1.54, 1.807) is 36.7 Å². The lowest BCUT2D eigenvalue weighted by Crippen LogP contribution is -2.13. The van der Waals surface area contributed by atoms with E-state index in [1.165, 1.54) is 0 Å². The van der Waals surface area contributed by atoms with Gasteiger partial charge in [0.2, 0.25) is 5.88 Å². The van der Waals surface area contributed by atoms with Crippen LogP contribution in [0, 0.1) is 0 Å². The maximum absolute atomic E-state index is 11.4. The van der Waals surface area contributed by atoms with Gasteiger partial charge in [0.1, 0.15) is 17.1 Å². The first-order valence-electron chi connectivity index (χ1n) is 7.32. The number of nitrogens with zero attached hydrogens (tertiary/aromatic N) is 3. The Morgan fingerprint density at radius 2 is 1.75 bits per heavy atom. The first-order valence-corrected chi connectivity index (χ1v) is 7.32. The monoisotopic (exact) mass is 320 g/mol. The van der Waals surface area contributed by atoms with Crippen molar-refractivity contribution in [2.75, 3.05) is 11.9 Å². The summed E-state index contributed by atoms with van der Waals surface area (Å²) in [6, 6.07) is 16.3. The van der Waals surface area contributed by atoms with E-state index in [-0.39, 0.29) is 11.4 Å². The summed E-state index contributed by atoms with van der Waals surface area (Å²) in [6.07, 6.45) is 3.29. The fourth-order valence-corrected chi connectivity index (χ4v) is 2.19. The van der Waals surface area contributed by atoms with E-state index in [4.69, 9.17) is 10.5 Å². The lowest BCUT2D eigenvalue weighted by molar-refractivity contribution is 0.0997. The van der Waals surface area contributed by atoms with Crippen LogP contribution in [0.1, 0.15) is 10.4 Å². The maximum atomic E-state index is 11.4. The number of ether oxygens (including phenoxy) is 1. The largest absolute Gasteiger partial charge is 0.438 e. The molecular weight excluding hydrogens is 304 g/mol. The van der Waals surface area contributed by atoms with Crippen molar-refractivity contribution >= 4 is 17.4 Å². The third-order valence-corrected chi connectivity index (χ3v) is 3.47. The number of anilines is 2. The Balaban J connectivity index is 1.79. The van der Waals surface area contributed by atoms with Crippen LogP contribution in [0.2, 0.25) is 0 Å². The number of benzene rings is 1. The predicted molar refractivity (Wildman–Crippen MR) is 91.6 cm³/mol. The molecule has 2 N–H and O–H groups in total. The number of hydrogen-bond acceptors (Lipinski definition) is 5. The van der Waals surface area contributed by atoms with Crippen LogP contribution in [0.3, 0.4) is 0 Å². The number of carbonyl (C=O) groups is 1. The molecule has 0 spiro atoms. The van der Waals surface area contributed by atoms with E-state index < -0.39 is 5.91 Å². The second-order valence-electron chi connectivity index (χ2n) is 5.06. The Bertz CT molecular complexity index is 835. The number of pyridine rings is 2. The zero-order valence-electron chi connectivity index (χ0n) is 13.1. The molecule has 0 fully saturated rings. The lowest BCUT2D eigenvalue weighted by Gasteiger charge is -2.18. The fraction of sp³-hybridized carbons (Fsp3) is 0.0556. The molecule has 0 aliphatic rings. The summed E-state index contributed by atoms with van der Waals surface area (Å²) in [7, 11) is 1.93. The molecule has 120 valence electrons. The van der Waals surface area contributed by atoms with E-state index >= 15 is 0 Å². The molecule has 0 atom stereocenters. The molecule has 1 aromatic carbocycles. The number of primary amides is 1. The Labute approximate surface area is 139 Å². The SMILES string of the molecule is CN(c1ccc(Oc2ncccc2C(N)=O)cc1)c1ccccn1. The topological polar surface area (TPSA) is 81.3 Å². The smallest absolute Gasteiger partial charge is 0.254 e. The minimum absolute atomic E-state index is 0.191. The van der Waals surface area contributed by atoms with Crippen LogP contribution in [-0.4, -0.2) is 22.9 Å². The normalized spacial score (nSPS) is 10.2. The minimum atomic E-state index is -0.579. The minimum Gasteiger partial charge on any atom is -0.438 e. The summed E-state index contributed by atoms with van der Waals surface area (Å²) in [5.41, 5.74) is 6.52. The van der Waals surface area contributed by atoms with Gasteiger partial charge in [-0.15, -0.1) is 0 Å². The molecule has 0 saturated carbocycles. The standard InChI is InChI=1S/C18H16N4O2/c1-22(16-6-2-3-11-20-16)13-7-9-14(10-8-13)24-18-15(17(19)23)5-4-12-21-18/h2-12H,1H3,(H2,19,23). The number of aromatic nitrogens is 2. The molecule has 0 saturated heterocycles. The number of amides is 1. The average Bonchev–Trinajstić information content (AvgIpc) is 2.63. The van der Waals surface area contributed by atoms with Gasteiger partial charge in [-0.1, -0.05) is 6.07 Å². The molecule has 6 nitrogen and oxygen atoms in total. The molecule has 0 aliphatic carbocycles. The summed E-state index contributed by atoms with van der Waals surface area (Å²) in [5, 5.41) is 0. The van der Waals surface area contributed by atoms with E-state index in [9.17, 15) is 4.79 Å². The van der Waals surface area contributed by atoms with Gasteiger partial charge < -0.3 is 15.4 Å². The van der Waals surface area contributed by atoms with Crippen molar-refractivity contribution in [1.82, 2.24) is 9.97 Å². The van der Waals surface area contributed by atoms with Crippen LogP contribution in [0.15, 0.2) is 67.0 Å². The lowest BCUT2D eigenvalue weighted by atomic mass is 10.2. The Hall–Kier alpha value is -3.41. The Morgan fingerprint density at radius 3 is 2.42 bits per heavy atom. The van der Waals surface area contributed by atoms with Crippen LogP contribution < -0.4 is 15.4 Å². The summed E-state index contributed by atoms with van der Waals surface area (Å²) < 4.78 is 5.67. The fourth-order valence-electron chi connectivity index (χ4n) is 2.19. The second kappa shape index (κ2) is 6.78. The molecule has 2 aromatic heterocycles. The van der Waals surface area contributed by atoms with Crippen molar-refractivity contribution in [3.8, 4) is 11.6 Å². The Morgan fingerprint density at radius 1 is 1.00 bits per heavy atom. The van der Waals surface area contributed by atoms with Crippen molar-refractivity contribution in [2.45, 2.75) is 0 Å². The zero-order chi connectivity index (χ0) is 16.9. The highest BCUT2D eigenvalue weighted by molar-refractivity contribution is 5.95. The summed E-state index contributed by atoms with van der Waals surface area (Å²) in [6.45, 7) is 0. The second-order valence-corrected chi connectivity index (χ2v) is 5.06. The number of nitrogens with two attached hydrogens (primary N) is 1. The molecule has 0 unspecified atom stereocenters. The molecule has 0 aliphatic heterocycles. The van der Waals surface area contributed by atoms with Gasteiger partial charge in [0.25, 0.3) is 5.91 Å². The molecule has 3 rings (SSSR count). The summed E-state index contributed by atoms with van der Waals surface area (Å²) in [4.78, 5) is 21.7. The van der Waals surface area contributed by atoms with Crippen molar-refractivity contribution in [3.05, 3.63) is 72.6 Å². The van der Waals surface area contributed by atoms with E-state index in [1.807, 2.05) is 42.3 Å². The molecule has 2 heterocycles. The van der Waals surface area contributed by atoms with Gasteiger partial charge in [0, 0.05) is 25.1 Å². The molecule has 24 heavy (non-hydrogen) atoms.